The van der Waals surface area contributed by atoms with E-state index < -0.39 is 0 Å². The molecule has 4 nitrogen and oxygen atoms in total. The molecule has 0 spiro atoms. The summed E-state index contributed by atoms with van der Waals surface area (Å²) in [4.78, 5) is 19.5. The molecule has 0 unspecified atom stereocenters. The Morgan fingerprint density at radius 1 is 1.30 bits per heavy atom. The number of hydrogen-bond donors (Lipinski definition) is 2. The van der Waals surface area contributed by atoms with Gasteiger partial charge < -0.3 is 10.3 Å². The van der Waals surface area contributed by atoms with Crippen LogP contribution in [0.5, 0.6) is 0 Å². The zero-order valence-electron chi connectivity index (χ0n) is 10.8. The fraction of sp³-hybridized carbons (Fsp3) is 0.0667. The number of aromatic amines is 1. The smallest absolute Gasteiger partial charge is 0.274 e. The number of amides is 1. The van der Waals surface area contributed by atoms with E-state index in [4.69, 9.17) is 0 Å². The van der Waals surface area contributed by atoms with Crippen molar-refractivity contribution in [3.63, 3.8) is 0 Å². The Morgan fingerprint density at radius 2 is 2.10 bits per heavy atom. The molecule has 0 aliphatic carbocycles. The van der Waals surface area contributed by atoms with Gasteiger partial charge in [-0.2, -0.15) is 0 Å². The molecular formula is C15H12BrN3O. The zero-order valence-corrected chi connectivity index (χ0v) is 12.4. The van der Waals surface area contributed by atoms with Gasteiger partial charge in [-0.25, -0.2) is 4.98 Å². The van der Waals surface area contributed by atoms with Crippen molar-refractivity contribution in [3.8, 4) is 0 Å². The number of carbonyl (C=O) groups excluding carboxylic acids is 1. The van der Waals surface area contributed by atoms with Gasteiger partial charge in [-0.15, -0.1) is 0 Å². The zero-order chi connectivity index (χ0) is 14.1. The van der Waals surface area contributed by atoms with Crippen LogP contribution < -0.4 is 5.32 Å². The van der Waals surface area contributed by atoms with Crippen molar-refractivity contribution in [2.75, 3.05) is 5.32 Å². The minimum Gasteiger partial charge on any atom is -0.350 e. The second-order valence-electron chi connectivity index (χ2n) is 4.53. The summed E-state index contributed by atoms with van der Waals surface area (Å²) in [7, 11) is 0. The largest absolute Gasteiger partial charge is 0.350 e. The van der Waals surface area contributed by atoms with Crippen molar-refractivity contribution in [2.24, 2.45) is 0 Å². The highest BCUT2D eigenvalue weighted by Gasteiger charge is 2.16. The minimum absolute atomic E-state index is 0.217. The van der Waals surface area contributed by atoms with Gasteiger partial charge in [0.25, 0.3) is 5.91 Å². The molecule has 2 N–H and O–H groups in total. The highest BCUT2D eigenvalue weighted by Crippen LogP contribution is 2.28. The number of rotatable bonds is 2. The second-order valence-corrected chi connectivity index (χ2v) is 5.33. The molecule has 1 amide bonds. The molecule has 5 heteroatoms. The van der Waals surface area contributed by atoms with Crippen LogP contribution in [0.4, 0.5) is 5.82 Å². The maximum absolute atomic E-state index is 12.3. The first-order valence-corrected chi connectivity index (χ1v) is 6.94. The van der Waals surface area contributed by atoms with Gasteiger partial charge in [0, 0.05) is 17.1 Å². The number of nitrogens with zero attached hydrogens (tertiary/aromatic N) is 1. The van der Waals surface area contributed by atoms with E-state index in [0.717, 1.165) is 20.9 Å². The fourth-order valence-corrected chi connectivity index (χ4v) is 2.67. The number of aromatic nitrogens is 2. The number of H-pyrrole nitrogens is 1. The first-order valence-electron chi connectivity index (χ1n) is 6.15. The molecule has 0 aliphatic heterocycles. The third-order valence-electron chi connectivity index (χ3n) is 3.03. The Hall–Kier alpha value is -2.14. The summed E-state index contributed by atoms with van der Waals surface area (Å²) < 4.78 is 0.762. The topological polar surface area (TPSA) is 57.8 Å². The second kappa shape index (κ2) is 5.09. The van der Waals surface area contributed by atoms with E-state index in [9.17, 15) is 4.79 Å². The summed E-state index contributed by atoms with van der Waals surface area (Å²) in [5.74, 6) is 0.326. The van der Waals surface area contributed by atoms with Gasteiger partial charge in [-0.05, 0) is 46.6 Å². The summed E-state index contributed by atoms with van der Waals surface area (Å²) in [6.45, 7) is 1.95. The minimum atomic E-state index is -0.217. The fourth-order valence-electron chi connectivity index (χ4n) is 2.05. The molecule has 0 bridgehead atoms. The Labute approximate surface area is 124 Å². The summed E-state index contributed by atoms with van der Waals surface area (Å²) >= 11 is 3.47. The van der Waals surface area contributed by atoms with Crippen molar-refractivity contribution >= 4 is 38.6 Å². The monoisotopic (exact) mass is 329 g/mol. The van der Waals surface area contributed by atoms with Gasteiger partial charge in [0.15, 0.2) is 0 Å². The lowest BCUT2D eigenvalue weighted by Crippen LogP contribution is -2.13. The van der Waals surface area contributed by atoms with Crippen LogP contribution in [0.15, 0.2) is 47.1 Å². The van der Waals surface area contributed by atoms with Crippen LogP contribution in [0.25, 0.3) is 10.9 Å². The molecule has 0 fully saturated rings. The maximum atomic E-state index is 12.3. The van der Waals surface area contributed by atoms with Crippen LogP contribution in [-0.2, 0) is 0 Å². The number of anilines is 1. The van der Waals surface area contributed by atoms with E-state index in [1.807, 2.05) is 43.3 Å². The predicted molar refractivity (Wildman–Crippen MR) is 82.9 cm³/mol. The third-order valence-corrected chi connectivity index (χ3v) is 3.85. The van der Waals surface area contributed by atoms with Crippen LogP contribution >= 0.6 is 15.9 Å². The maximum Gasteiger partial charge on any atom is 0.274 e. The Kier molecular flexibility index (Phi) is 3.28. The molecule has 0 saturated carbocycles. The van der Waals surface area contributed by atoms with E-state index in [1.54, 1.807) is 6.20 Å². The van der Waals surface area contributed by atoms with Crippen LogP contribution in [0.2, 0.25) is 0 Å². The normalized spacial score (nSPS) is 10.7. The molecular weight excluding hydrogens is 318 g/mol. The van der Waals surface area contributed by atoms with E-state index in [-0.39, 0.29) is 5.91 Å². The van der Waals surface area contributed by atoms with Crippen molar-refractivity contribution in [1.29, 1.82) is 0 Å². The molecule has 2 aromatic heterocycles. The molecule has 20 heavy (non-hydrogen) atoms. The van der Waals surface area contributed by atoms with Gasteiger partial charge in [0.1, 0.15) is 11.5 Å². The molecule has 1 aromatic carbocycles. The number of fused-ring (bicyclic) bond motifs is 1. The van der Waals surface area contributed by atoms with Gasteiger partial charge in [-0.3, -0.25) is 4.79 Å². The first kappa shape index (κ1) is 12.9. The van der Waals surface area contributed by atoms with Gasteiger partial charge in [0.05, 0.1) is 4.47 Å². The predicted octanol–water partition coefficient (Wildman–Crippen LogP) is 3.89. The van der Waals surface area contributed by atoms with Crippen LogP contribution in [0, 0.1) is 6.92 Å². The molecule has 0 radical (unpaired) electrons. The number of nitrogens with one attached hydrogen (secondary N) is 2. The van der Waals surface area contributed by atoms with E-state index in [0.29, 0.717) is 11.5 Å². The number of para-hydroxylation sites is 1. The molecule has 100 valence electrons. The first-order chi connectivity index (χ1) is 9.65. The lowest BCUT2D eigenvalue weighted by molar-refractivity contribution is 0.102. The Balaban J connectivity index is 1.95. The van der Waals surface area contributed by atoms with E-state index in [1.165, 1.54) is 0 Å². The standard InChI is InChI=1S/C15H12BrN3O/c1-9-6-7-17-12(8-9)19-15(20)14-13(16)10-4-2-3-5-11(10)18-14/h2-8,18H,1H3,(H,17,19,20). The summed E-state index contributed by atoms with van der Waals surface area (Å²) in [5.41, 5.74) is 2.46. The highest BCUT2D eigenvalue weighted by molar-refractivity contribution is 9.10. The van der Waals surface area contributed by atoms with Crippen LogP contribution in [0.3, 0.4) is 0 Å². The Morgan fingerprint density at radius 3 is 2.85 bits per heavy atom. The number of halogens is 1. The lowest BCUT2D eigenvalue weighted by atomic mass is 10.2. The van der Waals surface area contributed by atoms with Crippen molar-refractivity contribution in [2.45, 2.75) is 6.92 Å². The molecule has 0 saturated heterocycles. The van der Waals surface area contributed by atoms with Gasteiger partial charge >= 0.3 is 0 Å². The highest BCUT2D eigenvalue weighted by atomic mass is 79.9. The third kappa shape index (κ3) is 2.32. The lowest BCUT2D eigenvalue weighted by Gasteiger charge is -2.04. The molecule has 0 aliphatic rings. The summed E-state index contributed by atoms with van der Waals surface area (Å²) in [5, 5.41) is 3.77. The number of aryl methyl sites for hydroxylation is 1. The summed E-state index contributed by atoms with van der Waals surface area (Å²) in [6.07, 6.45) is 1.67. The quantitative estimate of drug-likeness (QED) is 0.749. The number of benzene rings is 1. The number of carbonyl (C=O) groups is 1. The molecule has 3 aromatic rings. The van der Waals surface area contributed by atoms with Crippen LogP contribution in [0.1, 0.15) is 16.1 Å². The van der Waals surface area contributed by atoms with Crippen LogP contribution in [-0.4, -0.2) is 15.9 Å². The number of hydrogen-bond acceptors (Lipinski definition) is 2. The van der Waals surface area contributed by atoms with Crippen molar-refractivity contribution < 1.29 is 4.79 Å². The molecule has 2 heterocycles. The molecule has 0 atom stereocenters. The molecule has 3 rings (SSSR count). The van der Waals surface area contributed by atoms with Gasteiger partial charge in [-0.1, -0.05) is 18.2 Å². The summed E-state index contributed by atoms with van der Waals surface area (Å²) in [6, 6.07) is 11.5. The van der Waals surface area contributed by atoms with Gasteiger partial charge in [0.2, 0.25) is 0 Å². The van der Waals surface area contributed by atoms with E-state index in [2.05, 4.69) is 31.2 Å². The average molecular weight is 330 g/mol. The SMILES string of the molecule is Cc1ccnc(NC(=O)c2[nH]c3ccccc3c2Br)c1. The van der Waals surface area contributed by atoms with Crippen molar-refractivity contribution in [3.05, 3.63) is 58.3 Å². The Bertz CT molecular complexity index is 795. The average Bonchev–Trinajstić information content (AvgIpc) is 2.77. The number of pyridine rings is 1. The van der Waals surface area contributed by atoms with Crippen molar-refractivity contribution in [1.82, 2.24) is 9.97 Å². The van der Waals surface area contributed by atoms with E-state index >= 15 is 0 Å².